The minimum Gasteiger partial charge on any atom is -0.469 e. The third-order valence-electron chi connectivity index (χ3n) is 4.60. The largest absolute Gasteiger partial charge is 0.469 e. The third-order valence-corrected chi connectivity index (χ3v) is 4.60. The molecule has 1 heterocycles. The van der Waals surface area contributed by atoms with Gasteiger partial charge in [0.05, 0.1) is 38.1 Å². The van der Waals surface area contributed by atoms with Crippen molar-refractivity contribution in [3.63, 3.8) is 0 Å². The second-order valence-corrected chi connectivity index (χ2v) is 6.31. The predicted molar refractivity (Wildman–Crippen MR) is 95.3 cm³/mol. The SMILES string of the molecule is COC(=O)C[C@H](c1ccc([N+](=O)[O-])cc1)[C@@H](NC(=O)[C@@H]1CCOC1)C(=O)OC. The molecule has 1 aromatic carbocycles. The molecule has 0 radical (unpaired) electrons. The number of carbonyl (C=O) groups excluding carboxylic acids is 3. The summed E-state index contributed by atoms with van der Waals surface area (Å²) in [7, 11) is 2.38. The summed E-state index contributed by atoms with van der Waals surface area (Å²) in [6, 6.07) is 4.24. The van der Waals surface area contributed by atoms with Gasteiger partial charge in [-0.3, -0.25) is 19.7 Å². The minimum atomic E-state index is -1.17. The molecule has 0 unspecified atom stereocenters. The van der Waals surface area contributed by atoms with Gasteiger partial charge in [-0.1, -0.05) is 12.1 Å². The molecule has 1 aromatic rings. The molecule has 10 heteroatoms. The molecule has 1 saturated heterocycles. The monoisotopic (exact) mass is 394 g/mol. The molecule has 0 bridgehead atoms. The summed E-state index contributed by atoms with van der Waals surface area (Å²) in [4.78, 5) is 47.1. The number of ether oxygens (including phenoxy) is 3. The average molecular weight is 394 g/mol. The van der Waals surface area contributed by atoms with Crippen molar-refractivity contribution in [2.75, 3.05) is 27.4 Å². The average Bonchev–Trinajstić information content (AvgIpc) is 3.24. The highest BCUT2D eigenvalue weighted by atomic mass is 16.6. The van der Waals surface area contributed by atoms with Gasteiger partial charge in [0, 0.05) is 24.7 Å². The molecule has 0 aliphatic carbocycles. The first-order valence-corrected chi connectivity index (χ1v) is 8.64. The lowest BCUT2D eigenvalue weighted by Crippen LogP contribution is -2.48. The van der Waals surface area contributed by atoms with Gasteiger partial charge in [0.15, 0.2) is 0 Å². The number of benzene rings is 1. The number of nitro groups is 1. The zero-order valence-corrected chi connectivity index (χ0v) is 15.6. The van der Waals surface area contributed by atoms with Crippen molar-refractivity contribution < 1.29 is 33.5 Å². The molecule has 152 valence electrons. The first-order chi connectivity index (χ1) is 13.4. The van der Waals surface area contributed by atoms with Crippen molar-refractivity contribution in [3.8, 4) is 0 Å². The Kier molecular flexibility index (Phi) is 7.44. The van der Waals surface area contributed by atoms with E-state index in [4.69, 9.17) is 14.2 Å². The van der Waals surface area contributed by atoms with E-state index in [-0.39, 0.29) is 24.6 Å². The molecule has 3 atom stereocenters. The molecule has 0 saturated carbocycles. The molecule has 10 nitrogen and oxygen atoms in total. The molecule has 1 fully saturated rings. The molecular weight excluding hydrogens is 372 g/mol. The van der Waals surface area contributed by atoms with Crippen LogP contribution in [-0.4, -0.2) is 56.2 Å². The maximum atomic E-state index is 12.5. The van der Waals surface area contributed by atoms with Crippen LogP contribution in [0.2, 0.25) is 0 Å². The quantitative estimate of drug-likeness (QED) is 0.391. The molecule has 2 rings (SSSR count). The molecule has 28 heavy (non-hydrogen) atoms. The lowest BCUT2D eigenvalue weighted by atomic mass is 9.87. The van der Waals surface area contributed by atoms with E-state index in [1.165, 1.54) is 38.5 Å². The number of hydrogen-bond donors (Lipinski definition) is 1. The van der Waals surface area contributed by atoms with E-state index < -0.39 is 34.7 Å². The van der Waals surface area contributed by atoms with Crippen molar-refractivity contribution in [2.24, 2.45) is 5.92 Å². The summed E-state index contributed by atoms with van der Waals surface area (Å²) in [6.07, 6.45) is 0.300. The van der Waals surface area contributed by atoms with Gasteiger partial charge in [-0.05, 0) is 12.0 Å². The molecule has 1 aliphatic heterocycles. The van der Waals surface area contributed by atoms with Gasteiger partial charge in [-0.15, -0.1) is 0 Å². The van der Waals surface area contributed by atoms with E-state index in [2.05, 4.69) is 5.32 Å². The Balaban J connectivity index is 2.33. The molecule has 0 aromatic heterocycles. The van der Waals surface area contributed by atoms with E-state index in [0.29, 0.717) is 18.6 Å². The Hall–Kier alpha value is -3.01. The van der Waals surface area contributed by atoms with Gasteiger partial charge in [0.25, 0.3) is 5.69 Å². The van der Waals surface area contributed by atoms with Crippen LogP contribution in [0.1, 0.15) is 24.3 Å². The highest BCUT2D eigenvalue weighted by Crippen LogP contribution is 2.28. The first-order valence-electron chi connectivity index (χ1n) is 8.64. The van der Waals surface area contributed by atoms with Crippen LogP contribution in [0, 0.1) is 16.0 Å². The predicted octanol–water partition coefficient (Wildman–Crippen LogP) is 0.936. The van der Waals surface area contributed by atoms with Gasteiger partial charge in [-0.25, -0.2) is 4.79 Å². The van der Waals surface area contributed by atoms with E-state index in [1.807, 2.05) is 0 Å². The number of esters is 2. The van der Waals surface area contributed by atoms with Crippen LogP contribution >= 0.6 is 0 Å². The Bertz CT molecular complexity index is 728. The molecular formula is C18H22N2O8. The van der Waals surface area contributed by atoms with Crippen LogP contribution in [0.4, 0.5) is 5.69 Å². The van der Waals surface area contributed by atoms with Crippen LogP contribution in [-0.2, 0) is 28.6 Å². The number of nitrogens with one attached hydrogen (secondary N) is 1. The van der Waals surface area contributed by atoms with Crippen LogP contribution < -0.4 is 5.32 Å². The van der Waals surface area contributed by atoms with Crippen molar-refractivity contribution in [2.45, 2.75) is 24.8 Å². The first kappa shape index (κ1) is 21.3. The summed E-state index contributed by atoms with van der Waals surface area (Å²) < 4.78 is 14.7. The third kappa shape index (κ3) is 5.26. The summed E-state index contributed by atoms with van der Waals surface area (Å²) in [5, 5.41) is 13.5. The zero-order chi connectivity index (χ0) is 20.7. The minimum absolute atomic E-state index is 0.137. The van der Waals surface area contributed by atoms with Crippen LogP contribution in [0.3, 0.4) is 0 Å². The second kappa shape index (κ2) is 9.79. The van der Waals surface area contributed by atoms with Crippen molar-refractivity contribution in [1.82, 2.24) is 5.32 Å². The van der Waals surface area contributed by atoms with Crippen LogP contribution in [0.5, 0.6) is 0 Å². The maximum absolute atomic E-state index is 12.5. The van der Waals surface area contributed by atoms with E-state index >= 15 is 0 Å². The fraction of sp³-hybridized carbons (Fsp3) is 0.500. The summed E-state index contributed by atoms with van der Waals surface area (Å²) in [5.41, 5.74) is 0.316. The number of amides is 1. The van der Waals surface area contributed by atoms with Gasteiger partial charge in [-0.2, -0.15) is 0 Å². The van der Waals surface area contributed by atoms with Gasteiger partial charge in [0.2, 0.25) is 5.91 Å². The molecule has 1 aliphatic rings. The highest BCUT2D eigenvalue weighted by Gasteiger charge is 2.36. The Morgan fingerprint density at radius 3 is 2.43 bits per heavy atom. The van der Waals surface area contributed by atoms with Crippen molar-refractivity contribution >= 4 is 23.5 Å². The summed E-state index contributed by atoms with van der Waals surface area (Å²) in [6.45, 7) is 0.702. The summed E-state index contributed by atoms with van der Waals surface area (Å²) in [5.74, 6) is -2.95. The number of carbonyl (C=O) groups is 3. The molecule has 1 N–H and O–H groups in total. The van der Waals surface area contributed by atoms with E-state index in [1.54, 1.807) is 0 Å². The van der Waals surface area contributed by atoms with Crippen LogP contribution in [0.25, 0.3) is 0 Å². The number of nitro benzene ring substituents is 1. The normalized spacial score (nSPS) is 18.0. The number of rotatable bonds is 8. The Morgan fingerprint density at radius 2 is 1.93 bits per heavy atom. The van der Waals surface area contributed by atoms with Gasteiger partial charge in [0.1, 0.15) is 6.04 Å². The Labute approximate surface area is 161 Å². The van der Waals surface area contributed by atoms with Crippen LogP contribution in [0.15, 0.2) is 24.3 Å². The number of hydrogen-bond acceptors (Lipinski definition) is 8. The smallest absolute Gasteiger partial charge is 0.329 e. The topological polar surface area (TPSA) is 134 Å². The van der Waals surface area contributed by atoms with Crippen molar-refractivity contribution in [1.29, 1.82) is 0 Å². The van der Waals surface area contributed by atoms with E-state index in [9.17, 15) is 24.5 Å². The molecule has 1 amide bonds. The maximum Gasteiger partial charge on any atom is 0.329 e. The van der Waals surface area contributed by atoms with Gasteiger partial charge >= 0.3 is 11.9 Å². The fourth-order valence-corrected chi connectivity index (χ4v) is 3.00. The second-order valence-electron chi connectivity index (χ2n) is 6.31. The zero-order valence-electron chi connectivity index (χ0n) is 15.6. The molecule has 0 spiro atoms. The van der Waals surface area contributed by atoms with E-state index in [0.717, 1.165) is 0 Å². The highest BCUT2D eigenvalue weighted by molar-refractivity contribution is 5.87. The number of methoxy groups -OCH3 is 2. The lowest BCUT2D eigenvalue weighted by Gasteiger charge is -2.26. The van der Waals surface area contributed by atoms with Crippen molar-refractivity contribution in [3.05, 3.63) is 39.9 Å². The standard InChI is InChI=1S/C18H22N2O8/c1-26-15(21)9-14(11-3-5-13(6-4-11)20(24)25)16(18(23)27-2)19-17(22)12-7-8-28-10-12/h3-6,12,14,16H,7-10H2,1-2H3,(H,19,22)/t12-,14-,16-/m1/s1. The van der Waals surface area contributed by atoms with Gasteiger partial charge < -0.3 is 19.5 Å². The lowest BCUT2D eigenvalue weighted by molar-refractivity contribution is -0.384. The Morgan fingerprint density at radius 1 is 1.25 bits per heavy atom. The number of nitrogens with zero attached hydrogens (tertiary/aromatic N) is 1. The fourth-order valence-electron chi connectivity index (χ4n) is 3.00. The number of non-ortho nitro benzene ring substituents is 1. The summed E-state index contributed by atoms with van der Waals surface area (Å²) >= 11 is 0.